The van der Waals surface area contributed by atoms with Crippen LogP contribution < -0.4 is 4.74 Å². The fraction of sp³-hybridized carbons (Fsp3) is 0.619. The Balaban J connectivity index is 1.44. The van der Waals surface area contributed by atoms with E-state index in [1.807, 2.05) is 11.8 Å². The van der Waals surface area contributed by atoms with Gasteiger partial charge in [-0.3, -0.25) is 9.69 Å². The molecule has 3 rings (SSSR count). The number of carbonyl (C=O) groups excluding carboxylic acids is 1. The van der Waals surface area contributed by atoms with E-state index in [-0.39, 0.29) is 12.5 Å². The van der Waals surface area contributed by atoms with Crippen molar-refractivity contribution < 1.29 is 14.6 Å². The van der Waals surface area contributed by atoms with Crippen molar-refractivity contribution in [1.29, 1.82) is 5.26 Å². The van der Waals surface area contributed by atoms with Crippen LogP contribution in [0.2, 0.25) is 0 Å². The Hall–Kier alpha value is -2.10. The summed E-state index contributed by atoms with van der Waals surface area (Å²) in [5.74, 6) is 1.96. The highest BCUT2D eigenvalue weighted by Gasteiger charge is 2.36. The molecule has 1 amide bonds. The molecular formula is C21H29N3O3. The lowest BCUT2D eigenvalue weighted by atomic mass is 9.84. The predicted octanol–water partition coefficient (Wildman–Crippen LogP) is 1.88. The largest absolute Gasteiger partial charge is 0.491 e. The summed E-state index contributed by atoms with van der Waals surface area (Å²) in [6.07, 6.45) is 2.18. The van der Waals surface area contributed by atoms with Gasteiger partial charge in [0.1, 0.15) is 18.5 Å². The molecule has 27 heavy (non-hydrogen) atoms. The molecule has 6 nitrogen and oxygen atoms in total. The van der Waals surface area contributed by atoms with E-state index in [1.165, 1.54) is 6.42 Å². The zero-order valence-electron chi connectivity index (χ0n) is 16.0. The third kappa shape index (κ3) is 5.44. The Bertz CT molecular complexity index is 656. The van der Waals surface area contributed by atoms with E-state index in [2.05, 4.69) is 11.0 Å². The normalized spacial score (nSPS) is 23.5. The number of nitrogens with zero attached hydrogens (tertiary/aromatic N) is 3. The summed E-state index contributed by atoms with van der Waals surface area (Å²) in [6.45, 7) is 6.44. The standard InChI is InChI=1S/C21H29N3O3/c1-2-3-21(26)24-12-17-8-18(13-24)11-23(10-17)14-19(25)15-27-20-6-4-16(9-22)5-7-20/h4-7,17-19,25H,2-3,8,10-15H2,1H3. The van der Waals surface area contributed by atoms with Crippen LogP contribution in [0.4, 0.5) is 0 Å². The van der Waals surface area contributed by atoms with Crippen LogP contribution in [-0.2, 0) is 4.79 Å². The zero-order valence-corrected chi connectivity index (χ0v) is 16.0. The highest BCUT2D eigenvalue weighted by Crippen LogP contribution is 2.29. The van der Waals surface area contributed by atoms with E-state index in [0.717, 1.165) is 32.6 Å². The number of aliphatic hydroxyl groups is 1. The molecule has 2 saturated heterocycles. The maximum Gasteiger partial charge on any atom is 0.222 e. The first-order chi connectivity index (χ1) is 13.1. The van der Waals surface area contributed by atoms with Gasteiger partial charge in [0.2, 0.25) is 5.91 Å². The SMILES string of the molecule is CCCC(=O)N1CC2CC(CN(CC(O)COc3ccc(C#N)cc3)C2)C1. The lowest BCUT2D eigenvalue weighted by Gasteiger charge is -2.46. The molecule has 1 N–H and O–H groups in total. The van der Waals surface area contributed by atoms with Crippen LogP contribution in [0.3, 0.4) is 0 Å². The van der Waals surface area contributed by atoms with Crippen molar-refractivity contribution in [1.82, 2.24) is 9.80 Å². The highest BCUT2D eigenvalue weighted by atomic mass is 16.5. The number of amides is 1. The molecule has 1 aromatic carbocycles. The molecule has 0 spiro atoms. The number of aliphatic hydroxyl groups excluding tert-OH is 1. The number of carbonyl (C=O) groups is 1. The second kappa shape index (κ2) is 9.20. The van der Waals surface area contributed by atoms with Gasteiger partial charge in [-0.2, -0.15) is 5.26 Å². The predicted molar refractivity (Wildman–Crippen MR) is 102 cm³/mol. The van der Waals surface area contributed by atoms with Gasteiger partial charge >= 0.3 is 0 Å². The van der Waals surface area contributed by atoms with Gasteiger partial charge in [-0.1, -0.05) is 6.92 Å². The molecule has 3 unspecified atom stereocenters. The first-order valence-electron chi connectivity index (χ1n) is 9.88. The number of β-amino-alcohol motifs (C(OH)–C–C–N with tert-alkyl or cyclic N) is 1. The molecule has 2 bridgehead atoms. The average molecular weight is 371 g/mol. The van der Waals surface area contributed by atoms with Crippen molar-refractivity contribution in [3.63, 3.8) is 0 Å². The molecule has 0 radical (unpaired) electrons. The molecule has 1 aromatic rings. The van der Waals surface area contributed by atoms with Crippen molar-refractivity contribution in [2.45, 2.75) is 32.3 Å². The number of fused-ring (bicyclic) bond motifs is 2. The molecule has 2 aliphatic rings. The molecule has 0 aliphatic carbocycles. The van der Waals surface area contributed by atoms with E-state index in [1.54, 1.807) is 24.3 Å². The van der Waals surface area contributed by atoms with E-state index >= 15 is 0 Å². The van der Waals surface area contributed by atoms with Crippen LogP contribution >= 0.6 is 0 Å². The Morgan fingerprint density at radius 3 is 2.52 bits per heavy atom. The summed E-state index contributed by atoms with van der Waals surface area (Å²) in [7, 11) is 0. The Morgan fingerprint density at radius 2 is 1.93 bits per heavy atom. The van der Waals surface area contributed by atoms with Gasteiger partial charge in [0.25, 0.3) is 0 Å². The van der Waals surface area contributed by atoms with Crippen LogP contribution in [0.1, 0.15) is 31.7 Å². The first-order valence-corrected chi connectivity index (χ1v) is 9.88. The molecule has 2 aliphatic heterocycles. The lowest BCUT2D eigenvalue weighted by molar-refractivity contribution is -0.136. The Kier molecular flexibility index (Phi) is 6.70. The molecule has 0 aromatic heterocycles. The first kappa shape index (κ1) is 19.7. The maximum absolute atomic E-state index is 12.2. The van der Waals surface area contributed by atoms with E-state index in [0.29, 0.717) is 36.1 Å². The van der Waals surface area contributed by atoms with Crippen LogP contribution in [0, 0.1) is 23.2 Å². The summed E-state index contributed by atoms with van der Waals surface area (Å²) in [4.78, 5) is 16.5. The van der Waals surface area contributed by atoms with Gasteiger partial charge in [-0.15, -0.1) is 0 Å². The van der Waals surface area contributed by atoms with Gasteiger partial charge in [0.05, 0.1) is 11.6 Å². The third-order valence-corrected chi connectivity index (χ3v) is 5.37. The minimum absolute atomic E-state index is 0.235. The smallest absolute Gasteiger partial charge is 0.222 e. The zero-order chi connectivity index (χ0) is 19.2. The number of hydrogen-bond donors (Lipinski definition) is 1. The minimum Gasteiger partial charge on any atom is -0.491 e. The second-order valence-corrected chi connectivity index (χ2v) is 7.84. The summed E-state index contributed by atoms with van der Waals surface area (Å²) in [6, 6.07) is 8.99. The summed E-state index contributed by atoms with van der Waals surface area (Å²) in [5, 5.41) is 19.2. The summed E-state index contributed by atoms with van der Waals surface area (Å²) >= 11 is 0. The van der Waals surface area contributed by atoms with Crippen molar-refractivity contribution in [3.8, 4) is 11.8 Å². The molecule has 2 heterocycles. The number of benzene rings is 1. The van der Waals surface area contributed by atoms with Gasteiger partial charge in [0, 0.05) is 39.1 Å². The molecule has 0 saturated carbocycles. The van der Waals surface area contributed by atoms with Crippen molar-refractivity contribution in [3.05, 3.63) is 29.8 Å². The van der Waals surface area contributed by atoms with E-state index < -0.39 is 6.10 Å². The fourth-order valence-corrected chi connectivity index (χ4v) is 4.28. The van der Waals surface area contributed by atoms with E-state index in [9.17, 15) is 9.90 Å². The van der Waals surface area contributed by atoms with Gasteiger partial charge in [-0.25, -0.2) is 0 Å². The van der Waals surface area contributed by atoms with Crippen LogP contribution in [0.15, 0.2) is 24.3 Å². The number of likely N-dealkylation sites (tertiary alicyclic amines) is 2. The van der Waals surface area contributed by atoms with Gasteiger partial charge in [0.15, 0.2) is 0 Å². The minimum atomic E-state index is -0.558. The number of hydrogen-bond acceptors (Lipinski definition) is 5. The van der Waals surface area contributed by atoms with Crippen molar-refractivity contribution >= 4 is 5.91 Å². The quantitative estimate of drug-likeness (QED) is 0.792. The van der Waals surface area contributed by atoms with Crippen LogP contribution in [0.25, 0.3) is 0 Å². The van der Waals surface area contributed by atoms with Crippen molar-refractivity contribution in [2.24, 2.45) is 11.8 Å². The molecule has 6 heteroatoms. The van der Waals surface area contributed by atoms with Crippen LogP contribution in [-0.4, -0.2) is 66.2 Å². The second-order valence-electron chi connectivity index (χ2n) is 7.84. The summed E-state index contributed by atoms with van der Waals surface area (Å²) < 4.78 is 5.64. The van der Waals surface area contributed by atoms with Gasteiger partial charge < -0.3 is 14.7 Å². The number of nitriles is 1. The van der Waals surface area contributed by atoms with E-state index in [4.69, 9.17) is 10.00 Å². The summed E-state index contributed by atoms with van der Waals surface area (Å²) in [5.41, 5.74) is 0.592. The lowest BCUT2D eigenvalue weighted by Crippen LogP contribution is -2.55. The maximum atomic E-state index is 12.2. The average Bonchev–Trinajstić information content (AvgIpc) is 2.66. The molecule has 146 valence electrons. The number of ether oxygens (including phenoxy) is 1. The number of rotatable bonds is 7. The van der Waals surface area contributed by atoms with Crippen molar-refractivity contribution in [2.75, 3.05) is 39.3 Å². The highest BCUT2D eigenvalue weighted by molar-refractivity contribution is 5.76. The number of piperidine rings is 2. The third-order valence-electron chi connectivity index (χ3n) is 5.37. The fourth-order valence-electron chi connectivity index (χ4n) is 4.28. The Labute approximate surface area is 161 Å². The van der Waals surface area contributed by atoms with Crippen LogP contribution in [0.5, 0.6) is 5.75 Å². The molecular weight excluding hydrogens is 342 g/mol. The van der Waals surface area contributed by atoms with Gasteiger partial charge in [-0.05, 0) is 48.9 Å². The monoisotopic (exact) mass is 371 g/mol. The topological polar surface area (TPSA) is 76.8 Å². The Morgan fingerprint density at radius 1 is 1.26 bits per heavy atom. The molecule has 3 atom stereocenters. The molecule has 2 fully saturated rings.